The fourth-order valence-corrected chi connectivity index (χ4v) is 1.77. The molecular weight excluding hydrogens is 221 g/mol. The molecule has 1 atom stereocenters. The quantitative estimate of drug-likeness (QED) is 0.762. The summed E-state index contributed by atoms with van der Waals surface area (Å²) in [6, 6.07) is 3.62. The summed E-state index contributed by atoms with van der Waals surface area (Å²) in [5.74, 6) is 0. The molecule has 2 nitrogen and oxygen atoms in total. The zero-order valence-corrected chi connectivity index (χ0v) is 9.14. The average molecular weight is 230 g/mol. The van der Waals surface area contributed by atoms with Gasteiger partial charge in [-0.2, -0.15) is 0 Å². The van der Waals surface area contributed by atoms with E-state index in [4.69, 9.17) is 27.9 Å². The lowest BCUT2D eigenvalue weighted by molar-refractivity contribution is 0.0720. The molecule has 0 spiro atoms. The second-order valence-corrected chi connectivity index (χ2v) is 3.80. The van der Waals surface area contributed by atoms with E-state index in [9.17, 15) is 0 Å². The van der Waals surface area contributed by atoms with E-state index >= 15 is 0 Å². The molecule has 2 rings (SSSR count). The van der Waals surface area contributed by atoms with Crippen LogP contribution in [0.25, 0.3) is 0 Å². The van der Waals surface area contributed by atoms with Gasteiger partial charge in [-0.05, 0) is 19.1 Å². The largest absolute Gasteiger partial charge is 0.353 e. The number of ether oxygens (including phenoxy) is 1. The molecule has 1 aromatic rings. The summed E-state index contributed by atoms with van der Waals surface area (Å²) < 4.78 is 5.42. The van der Waals surface area contributed by atoms with Crippen LogP contribution in [-0.2, 0) is 4.74 Å². The van der Waals surface area contributed by atoms with Crippen LogP contribution in [0.4, 0.5) is 0 Å². The lowest BCUT2D eigenvalue weighted by Gasteiger charge is -2.10. The highest BCUT2D eigenvalue weighted by molar-refractivity contribution is 6.42. The Morgan fingerprint density at radius 3 is 2.79 bits per heavy atom. The summed E-state index contributed by atoms with van der Waals surface area (Å²) in [6.07, 6.45) is 1.54. The molecule has 0 bridgehead atoms. The molecule has 0 aliphatic carbocycles. The Morgan fingerprint density at radius 1 is 1.36 bits per heavy atom. The molecule has 1 aromatic carbocycles. The van der Waals surface area contributed by atoms with Gasteiger partial charge in [-0.15, -0.1) is 0 Å². The fourth-order valence-electron chi connectivity index (χ4n) is 1.42. The van der Waals surface area contributed by atoms with Crippen molar-refractivity contribution in [1.82, 2.24) is 0 Å². The first-order valence-corrected chi connectivity index (χ1v) is 5.11. The number of hydrogen-bond donors (Lipinski definition) is 0. The van der Waals surface area contributed by atoms with Crippen molar-refractivity contribution in [2.24, 2.45) is 4.99 Å². The van der Waals surface area contributed by atoms with Crippen LogP contribution in [0.15, 0.2) is 17.1 Å². The van der Waals surface area contributed by atoms with Gasteiger partial charge in [-0.3, -0.25) is 4.99 Å². The Labute approximate surface area is 92.5 Å². The van der Waals surface area contributed by atoms with Crippen molar-refractivity contribution in [3.8, 4) is 0 Å². The van der Waals surface area contributed by atoms with E-state index in [1.807, 2.05) is 19.1 Å². The SMILES string of the molecule is CCOC1N=Cc2cc(Cl)c(Cl)cc21. The van der Waals surface area contributed by atoms with Gasteiger partial charge >= 0.3 is 0 Å². The lowest BCUT2D eigenvalue weighted by atomic mass is 10.1. The Hall–Kier alpha value is -0.570. The van der Waals surface area contributed by atoms with Crippen molar-refractivity contribution in [2.75, 3.05) is 6.61 Å². The zero-order valence-electron chi connectivity index (χ0n) is 7.63. The smallest absolute Gasteiger partial charge is 0.174 e. The molecule has 14 heavy (non-hydrogen) atoms. The van der Waals surface area contributed by atoms with Crippen molar-refractivity contribution in [3.05, 3.63) is 33.3 Å². The maximum atomic E-state index is 5.91. The molecule has 74 valence electrons. The third-order valence-corrected chi connectivity index (χ3v) is 2.79. The number of hydrogen-bond acceptors (Lipinski definition) is 2. The zero-order chi connectivity index (χ0) is 10.1. The molecule has 0 radical (unpaired) electrons. The van der Waals surface area contributed by atoms with Gasteiger partial charge in [0, 0.05) is 23.9 Å². The summed E-state index contributed by atoms with van der Waals surface area (Å²) in [6.45, 7) is 2.56. The van der Waals surface area contributed by atoms with Crippen molar-refractivity contribution in [2.45, 2.75) is 13.2 Å². The van der Waals surface area contributed by atoms with Crippen LogP contribution in [0.5, 0.6) is 0 Å². The van der Waals surface area contributed by atoms with E-state index in [1.54, 1.807) is 6.21 Å². The van der Waals surface area contributed by atoms with Gasteiger partial charge in [0.2, 0.25) is 0 Å². The number of fused-ring (bicyclic) bond motifs is 1. The summed E-state index contributed by atoms with van der Waals surface area (Å²) in [7, 11) is 0. The fraction of sp³-hybridized carbons (Fsp3) is 0.300. The second-order valence-electron chi connectivity index (χ2n) is 2.98. The van der Waals surface area contributed by atoms with Crippen molar-refractivity contribution >= 4 is 29.4 Å². The molecule has 1 unspecified atom stereocenters. The molecule has 0 saturated carbocycles. The molecule has 1 aliphatic rings. The van der Waals surface area contributed by atoms with Crippen LogP contribution in [0.1, 0.15) is 24.3 Å². The Morgan fingerprint density at radius 2 is 2.07 bits per heavy atom. The average Bonchev–Trinajstić information content (AvgIpc) is 2.51. The van der Waals surface area contributed by atoms with E-state index in [0.717, 1.165) is 11.1 Å². The van der Waals surface area contributed by atoms with Gasteiger partial charge in [0.1, 0.15) is 0 Å². The summed E-state index contributed by atoms with van der Waals surface area (Å²) in [5, 5.41) is 1.09. The number of aliphatic imine (C=N–C) groups is 1. The predicted octanol–water partition coefficient (Wildman–Crippen LogP) is 3.46. The first kappa shape index (κ1) is 9.97. The highest BCUT2D eigenvalue weighted by Gasteiger charge is 2.20. The maximum Gasteiger partial charge on any atom is 0.174 e. The molecule has 0 N–H and O–H groups in total. The molecule has 1 heterocycles. The first-order valence-electron chi connectivity index (χ1n) is 4.36. The standard InChI is InChI=1S/C10H9Cl2NO/c1-2-14-10-7-4-9(12)8(11)3-6(7)5-13-10/h3-5,10H,2H2,1H3. The van der Waals surface area contributed by atoms with E-state index in [-0.39, 0.29) is 6.23 Å². The molecule has 4 heteroatoms. The van der Waals surface area contributed by atoms with E-state index in [2.05, 4.69) is 4.99 Å². The third kappa shape index (κ3) is 1.65. The van der Waals surface area contributed by atoms with Gasteiger partial charge in [0.05, 0.1) is 10.0 Å². The van der Waals surface area contributed by atoms with Gasteiger partial charge in [-0.1, -0.05) is 23.2 Å². The summed E-state index contributed by atoms with van der Waals surface area (Å²) >= 11 is 11.8. The minimum Gasteiger partial charge on any atom is -0.353 e. The van der Waals surface area contributed by atoms with Gasteiger partial charge < -0.3 is 4.74 Å². The Kier molecular flexibility index (Phi) is 2.77. The summed E-state index contributed by atoms with van der Waals surface area (Å²) in [4.78, 5) is 4.21. The van der Waals surface area contributed by atoms with Crippen molar-refractivity contribution in [1.29, 1.82) is 0 Å². The Bertz CT molecular complexity index is 390. The van der Waals surface area contributed by atoms with Crippen LogP contribution in [-0.4, -0.2) is 12.8 Å². The molecule has 0 aromatic heterocycles. The van der Waals surface area contributed by atoms with E-state index in [0.29, 0.717) is 16.7 Å². The monoisotopic (exact) mass is 229 g/mol. The van der Waals surface area contributed by atoms with Gasteiger partial charge in [0.25, 0.3) is 0 Å². The molecule has 0 amide bonds. The minimum atomic E-state index is -0.218. The van der Waals surface area contributed by atoms with Gasteiger partial charge in [-0.25, -0.2) is 0 Å². The number of halogens is 2. The highest BCUT2D eigenvalue weighted by atomic mass is 35.5. The predicted molar refractivity (Wildman–Crippen MR) is 58.4 cm³/mol. The lowest BCUT2D eigenvalue weighted by Crippen LogP contribution is -1.98. The molecule has 1 aliphatic heterocycles. The molecule has 0 fully saturated rings. The Balaban J connectivity index is 2.39. The topological polar surface area (TPSA) is 21.6 Å². The van der Waals surface area contributed by atoms with Crippen LogP contribution in [0.3, 0.4) is 0 Å². The number of benzene rings is 1. The third-order valence-electron chi connectivity index (χ3n) is 2.07. The number of nitrogens with zero attached hydrogens (tertiary/aromatic N) is 1. The normalized spacial score (nSPS) is 18.6. The van der Waals surface area contributed by atoms with E-state index in [1.165, 1.54) is 0 Å². The second kappa shape index (κ2) is 3.89. The van der Waals surface area contributed by atoms with Crippen LogP contribution < -0.4 is 0 Å². The van der Waals surface area contributed by atoms with Crippen LogP contribution in [0.2, 0.25) is 10.0 Å². The summed E-state index contributed by atoms with van der Waals surface area (Å²) in [5.41, 5.74) is 1.97. The molecular formula is C10H9Cl2NO. The van der Waals surface area contributed by atoms with Crippen LogP contribution in [0, 0.1) is 0 Å². The minimum absolute atomic E-state index is 0.218. The van der Waals surface area contributed by atoms with E-state index < -0.39 is 0 Å². The van der Waals surface area contributed by atoms with Crippen molar-refractivity contribution < 1.29 is 4.74 Å². The highest BCUT2D eigenvalue weighted by Crippen LogP contribution is 2.33. The van der Waals surface area contributed by atoms with Crippen LogP contribution >= 0.6 is 23.2 Å². The first-order chi connectivity index (χ1) is 6.72. The van der Waals surface area contributed by atoms with Gasteiger partial charge in [0.15, 0.2) is 6.23 Å². The maximum absolute atomic E-state index is 5.91. The number of rotatable bonds is 2. The van der Waals surface area contributed by atoms with Crippen molar-refractivity contribution in [3.63, 3.8) is 0 Å². The molecule has 0 saturated heterocycles.